The minimum atomic E-state index is -4.28. The van der Waals surface area contributed by atoms with E-state index >= 15 is 0 Å². The van der Waals surface area contributed by atoms with Crippen molar-refractivity contribution in [2.75, 3.05) is 9.80 Å². The molecule has 15 heteroatoms. The Hall–Kier alpha value is -4.19. The van der Waals surface area contributed by atoms with Gasteiger partial charge in [0, 0.05) is 42.6 Å². The van der Waals surface area contributed by atoms with Gasteiger partial charge in [0.2, 0.25) is 21.8 Å². The van der Waals surface area contributed by atoms with Crippen LogP contribution in [0.25, 0.3) is 0 Å². The Morgan fingerprint density at radius 3 is 2.62 bits per heavy atom. The number of nitrogens with two attached hydrogens (primary N) is 1. The van der Waals surface area contributed by atoms with Gasteiger partial charge in [-0.15, -0.1) is 11.6 Å². The average Bonchev–Trinajstić information content (AvgIpc) is 3.36. The fourth-order valence-corrected chi connectivity index (χ4v) is 6.72. The third-order valence-corrected chi connectivity index (χ3v) is 9.78. The summed E-state index contributed by atoms with van der Waals surface area (Å²) in [6.45, 7) is 1.61. The molecule has 1 aromatic heterocycles. The van der Waals surface area contributed by atoms with Crippen LogP contribution in [0.4, 0.5) is 20.3 Å². The Kier molecular flexibility index (Phi) is 8.56. The molecule has 2 heterocycles. The Labute approximate surface area is 263 Å². The number of primary sulfonamides is 1. The molecule has 2 unspecified atom stereocenters. The number of hydrogen-bond donors (Lipinski definition) is 2. The van der Waals surface area contributed by atoms with Gasteiger partial charge < -0.3 is 5.32 Å². The molecule has 11 nitrogen and oxygen atoms in total. The summed E-state index contributed by atoms with van der Waals surface area (Å²) in [6.07, 6.45) is 6.56. The second-order valence-corrected chi connectivity index (χ2v) is 13.5. The Bertz CT molecular complexity index is 1750. The molecule has 0 bridgehead atoms. The first kappa shape index (κ1) is 32.2. The van der Waals surface area contributed by atoms with E-state index in [9.17, 15) is 36.8 Å². The molecular formula is C30H29ClF2N6O5S. The number of amides is 3. The Balaban J connectivity index is 1.67. The zero-order valence-corrected chi connectivity index (χ0v) is 25.5. The molecule has 1 saturated carbocycles. The molecule has 3 N–H and O–H groups in total. The lowest BCUT2D eigenvalue weighted by Gasteiger charge is -2.46. The summed E-state index contributed by atoms with van der Waals surface area (Å²) in [5, 5.41) is 16.5. The number of nitriles is 1. The fourth-order valence-electron chi connectivity index (χ4n) is 5.89. The molecule has 0 radical (unpaired) electrons. The van der Waals surface area contributed by atoms with Crippen LogP contribution in [-0.2, 0) is 24.4 Å². The number of halogens is 3. The van der Waals surface area contributed by atoms with Crippen LogP contribution < -0.4 is 20.3 Å². The summed E-state index contributed by atoms with van der Waals surface area (Å²) >= 11 is 6.78. The minimum absolute atomic E-state index is 0.00144. The van der Waals surface area contributed by atoms with Gasteiger partial charge in [-0.05, 0) is 36.8 Å². The predicted octanol–water partition coefficient (Wildman–Crippen LogP) is 3.15. The number of aromatic nitrogens is 1. The van der Waals surface area contributed by atoms with Crippen LogP contribution in [-0.4, -0.2) is 60.5 Å². The monoisotopic (exact) mass is 658 g/mol. The Morgan fingerprint density at radius 2 is 1.98 bits per heavy atom. The highest BCUT2D eigenvalue weighted by molar-refractivity contribution is 7.89. The third kappa shape index (κ3) is 6.33. The topological polar surface area (TPSA) is 167 Å². The number of anilines is 2. The van der Waals surface area contributed by atoms with Crippen LogP contribution in [0.5, 0.6) is 0 Å². The van der Waals surface area contributed by atoms with Crippen molar-refractivity contribution in [3.8, 4) is 6.07 Å². The van der Waals surface area contributed by atoms with E-state index in [2.05, 4.69) is 10.3 Å². The highest BCUT2D eigenvalue weighted by atomic mass is 35.5. The van der Waals surface area contributed by atoms with Crippen molar-refractivity contribution in [2.24, 2.45) is 10.6 Å². The number of rotatable bonds is 8. The number of allylic oxidation sites excluding steroid dienone is 3. The van der Waals surface area contributed by atoms with Crippen molar-refractivity contribution in [3.63, 3.8) is 0 Å². The second-order valence-electron chi connectivity index (χ2n) is 11.5. The maximum absolute atomic E-state index is 14.8. The molecule has 2 fully saturated rings. The summed E-state index contributed by atoms with van der Waals surface area (Å²) in [5.41, 5.74) is -1.22. The van der Waals surface area contributed by atoms with Crippen molar-refractivity contribution in [1.82, 2.24) is 10.3 Å². The van der Waals surface area contributed by atoms with Gasteiger partial charge in [-0.1, -0.05) is 37.3 Å². The normalized spacial score (nSPS) is 24.9. The number of carbonyl (C=O) groups excluding carboxylic acids is 3. The quantitative estimate of drug-likeness (QED) is 0.411. The summed E-state index contributed by atoms with van der Waals surface area (Å²) in [7, 11) is -4.28. The molecular weight excluding hydrogens is 630 g/mol. The first-order chi connectivity index (χ1) is 21.1. The van der Waals surface area contributed by atoms with Crippen molar-refractivity contribution < 1.29 is 31.6 Å². The molecule has 2 aliphatic carbocycles. The van der Waals surface area contributed by atoms with Crippen molar-refractivity contribution in [3.05, 3.63) is 72.5 Å². The lowest BCUT2D eigenvalue weighted by atomic mass is 9.74. The number of nitrogens with zero attached hydrogens (tertiary/aromatic N) is 4. The summed E-state index contributed by atoms with van der Waals surface area (Å²) in [4.78, 5) is 48.1. The number of sulfonamides is 1. The van der Waals surface area contributed by atoms with Gasteiger partial charge in [0.1, 0.15) is 17.9 Å². The van der Waals surface area contributed by atoms with Gasteiger partial charge in [0.05, 0.1) is 21.9 Å². The molecule has 45 heavy (non-hydrogen) atoms. The molecule has 4 atom stereocenters. The van der Waals surface area contributed by atoms with Crippen LogP contribution in [0.2, 0.25) is 0 Å². The lowest BCUT2D eigenvalue weighted by molar-refractivity contribution is -0.134. The van der Waals surface area contributed by atoms with Crippen LogP contribution in [0, 0.1) is 16.7 Å². The molecule has 1 aromatic carbocycles. The molecule has 5 rings (SSSR count). The highest BCUT2D eigenvalue weighted by Crippen LogP contribution is 2.43. The lowest BCUT2D eigenvalue weighted by Crippen LogP contribution is -2.64. The number of alkyl halides is 3. The van der Waals surface area contributed by atoms with Crippen molar-refractivity contribution >= 4 is 50.9 Å². The number of benzene rings is 1. The number of pyridine rings is 1. The van der Waals surface area contributed by atoms with Crippen LogP contribution >= 0.6 is 11.6 Å². The van der Waals surface area contributed by atoms with Gasteiger partial charge >= 0.3 is 0 Å². The first-order valence-corrected chi connectivity index (χ1v) is 16.0. The summed E-state index contributed by atoms with van der Waals surface area (Å²) in [6, 6.07) is 6.17. The molecule has 1 saturated heterocycles. The SMILES string of the molecule is CC1([C@@H](C(=O)NC2CC(F)(F)C2)N(C(=O)[C@@H]2CCC(=O)N2c2cc(C#N)ccn2)c2cccc(S(N)(=O)=O)c2)C=CC=CC1Cl. The fraction of sp³-hybridized carbons (Fsp3) is 0.367. The van der Waals surface area contributed by atoms with Gasteiger partial charge in [-0.25, -0.2) is 27.3 Å². The van der Waals surface area contributed by atoms with E-state index in [1.165, 1.54) is 36.5 Å². The largest absolute Gasteiger partial charge is 0.351 e. The van der Waals surface area contributed by atoms with E-state index in [-0.39, 0.29) is 34.8 Å². The summed E-state index contributed by atoms with van der Waals surface area (Å²) < 4.78 is 52.2. The zero-order chi connectivity index (χ0) is 32.7. The maximum atomic E-state index is 14.8. The summed E-state index contributed by atoms with van der Waals surface area (Å²) in [5.74, 6) is -4.97. The number of nitrogens with one attached hydrogen (secondary N) is 1. The first-order valence-electron chi connectivity index (χ1n) is 14.0. The average molecular weight is 659 g/mol. The predicted molar refractivity (Wildman–Crippen MR) is 161 cm³/mol. The smallest absolute Gasteiger partial charge is 0.252 e. The Morgan fingerprint density at radius 1 is 1.24 bits per heavy atom. The van der Waals surface area contributed by atoms with Crippen molar-refractivity contribution in [1.29, 1.82) is 5.26 Å². The van der Waals surface area contributed by atoms with Gasteiger partial charge in [-0.3, -0.25) is 24.2 Å². The van der Waals surface area contributed by atoms with Gasteiger partial charge in [0.15, 0.2) is 0 Å². The maximum Gasteiger partial charge on any atom is 0.252 e. The van der Waals surface area contributed by atoms with E-state index < -0.39 is 75.4 Å². The van der Waals surface area contributed by atoms with Crippen LogP contribution in [0.1, 0.15) is 38.2 Å². The van der Waals surface area contributed by atoms with E-state index in [0.29, 0.717) is 0 Å². The third-order valence-electron chi connectivity index (χ3n) is 8.25. The van der Waals surface area contributed by atoms with E-state index in [0.717, 1.165) is 15.9 Å². The zero-order valence-electron chi connectivity index (χ0n) is 23.9. The van der Waals surface area contributed by atoms with E-state index in [1.807, 2.05) is 6.07 Å². The van der Waals surface area contributed by atoms with Gasteiger partial charge in [0.25, 0.3) is 11.8 Å². The van der Waals surface area contributed by atoms with Crippen LogP contribution in [0.3, 0.4) is 0 Å². The van der Waals surface area contributed by atoms with Gasteiger partial charge in [-0.2, -0.15) is 5.26 Å². The molecule has 3 aliphatic rings. The number of carbonyl (C=O) groups is 3. The van der Waals surface area contributed by atoms with E-state index in [4.69, 9.17) is 16.7 Å². The second kappa shape index (κ2) is 12.0. The van der Waals surface area contributed by atoms with E-state index in [1.54, 1.807) is 31.2 Å². The molecule has 236 valence electrons. The van der Waals surface area contributed by atoms with Crippen LogP contribution in [0.15, 0.2) is 71.8 Å². The molecule has 2 aromatic rings. The molecule has 3 amide bonds. The highest BCUT2D eigenvalue weighted by Gasteiger charge is 2.53. The molecule has 1 aliphatic heterocycles. The standard InChI is InChI=1S/C30H29ClF2N6O5S/c1-29(11-3-2-7-23(29)31)26(27(41)37-19-15-30(32,33)16-19)38(20-5-4-6-21(14-20)45(35,43)44)28(42)22-8-9-25(40)39(22)24-13-18(17-34)10-12-36-24/h2-7,10-14,19,22-23,26H,8-9,15-16H2,1H3,(H,37,41)(H2,35,43,44)/t22-,23?,26+,29?/m0/s1. The minimum Gasteiger partial charge on any atom is -0.351 e. The molecule has 0 spiro atoms. The number of hydrogen-bond acceptors (Lipinski definition) is 7. The van der Waals surface area contributed by atoms with Crippen molar-refractivity contribution in [2.45, 2.75) is 66.9 Å².